The summed E-state index contributed by atoms with van der Waals surface area (Å²) in [5.41, 5.74) is 1.85. The molecule has 2 aromatic rings. The Hall–Kier alpha value is -1.52. The molecule has 0 unspecified atom stereocenters. The van der Waals surface area contributed by atoms with Crippen molar-refractivity contribution in [1.29, 1.82) is 0 Å². The topological polar surface area (TPSA) is 24.1 Å². The van der Waals surface area contributed by atoms with Crippen molar-refractivity contribution in [3.63, 3.8) is 0 Å². The van der Waals surface area contributed by atoms with Crippen LogP contribution in [0.2, 0.25) is 0 Å². The lowest BCUT2D eigenvalue weighted by molar-refractivity contribution is 1.45. The molecule has 17 heavy (non-hydrogen) atoms. The van der Waals surface area contributed by atoms with Gasteiger partial charge in [-0.05, 0) is 36.5 Å². The Kier molecular flexibility index (Phi) is 4.01. The molecule has 2 N–H and O–H groups in total. The van der Waals surface area contributed by atoms with E-state index in [1.807, 2.05) is 54.6 Å². The van der Waals surface area contributed by atoms with Gasteiger partial charge in [-0.1, -0.05) is 30.3 Å². The van der Waals surface area contributed by atoms with Crippen LogP contribution in [-0.2, 0) is 0 Å². The molecule has 86 valence electrons. The van der Waals surface area contributed by atoms with Gasteiger partial charge in [0, 0.05) is 10.6 Å². The second-order valence-corrected chi connectivity index (χ2v) is 4.35. The first kappa shape index (κ1) is 12.0. The van der Waals surface area contributed by atoms with Crippen LogP contribution in [0.15, 0.2) is 59.5 Å². The average Bonchev–Trinajstić information content (AvgIpc) is 2.33. The van der Waals surface area contributed by atoms with Crippen LogP contribution in [0.1, 0.15) is 0 Å². The van der Waals surface area contributed by atoms with Crippen LogP contribution in [0.5, 0.6) is 0 Å². The highest BCUT2D eigenvalue weighted by Gasteiger charge is 2.00. The highest BCUT2D eigenvalue weighted by molar-refractivity contribution is 7.81. The zero-order valence-corrected chi connectivity index (χ0v) is 10.8. The lowest BCUT2D eigenvalue weighted by atomic mass is 10.3. The summed E-state index contributed by atoms with van der Waals surface area (Å²) in [5.74, 6) is 0. The van der Waals surface area contributed by atoms with E-state index < -0.39 is 0 Å². The summed E-state index contributed by atoms with van der Waals surface area (Å²) in [5, 5.41) is 6.76. The fourth-order valence-corrected chi connectivity index (χ4v) is 1.83. The molecule has 0 atom stereocenters. The molecule has 0 heterocycles. The Morgan fingerprint density at radius 2 is 1.53 bits per heavy atom. The number of para-hydroxylation sites is 2. The van der Waals surface area contributed by atoms with Crippen LogP contribution in [0.25, 0.3) is 0 Å². The second-order valence-electron chi connectivity index (χ2n) is 3.46. The largest absolute Gasteiger partial charge is 0.332 e. The monoisotopic (exact) mass is 260 g/mol. The van der Waals surface area contributed by atoms with Crippen molar-refractivity contribution >= 4 is 41.3 Å². The molecular formula is C13H12N2S2. The fourth-order valence-electron chi connectivity index (χ4n) is 1.39. The summed E-state index contributed by atoms with van der Waals surface area (Å²) in [7, 11) is 0. The number of benzene rings is 2. The lowest BCUT2D eigenvalue weighted by Gasteiger charge is -2.11. The van der Waals surface area contributed by atoms with Gasteiger partial charge in [0.2, 0.25) is 0 Å². The normalized spacial score (nSPS) is 9.71. The van der Waals surface area contributed by atoms with E-state index in [0.717, 1.165) is 16.3 Å². The smallest absolute Gasteiger partial charge is 0.175 e. The third-order valence-corrected chi connectivity index (χ3v) is 2.78. The standard InChI is InChI=1S/C13H12N2S2/c16-12-9-5-4-8-11(12)15-13(17)14-10-6-2-1-3-7-10/h1-9,16H,(H2,14,15,17). The maximum atomic E-state index is 5.22. The molecule has 0 aliphatic carbocycles. The predicted molar refractivity (Wildman–Crippen MR) is 80.0 cm³/mol. The number of anilines is 2. The van der Waals surface area contributed by atoms with E-state index in [9.17, 15) is 0 Å². The average molecular weight is 260 g/mol. The Morgan fingerprint density at radius 3 is 2.24 bits per heavy atom. The molecule has 0 bridgehead atoms. The molecule has 2 nitrogen and oxygen atoms in total. The summed E-state index contributed by atoms with van der Waals surface area (Å²) in [4.78, 5) is 0.865. The minimum absolute atomic E-state index is 0.553. The van der Waals surface area contributed by atoms with Gasteiger partial charge in [0.25, 0.3) is 0 Å². The SMILES string of the molecule is S=C(Nc1ccccc1)Nc1ccccc1S. The summed E-state index contributed by atoms with van der Waals surface area (Å²) in [6, 6.07) is 17.5. The molecule has 0 aliphatic rings. The lowest BCUT2D eigenvalue weighted by Crippen LogP contribution is -2.19. The minimum Gasteiger partial charge on any atom is -0.332 e. The van der Waals surface area contributed by atoms with Gasteiger partial charge < -0.3 is 10.6 Å². The van der Waals surface area contributed by atoms with E-state index in [-0.39, 0.29) is 0 Å². The van der Waals surface area contributed by atoms with Crippen molar-refractivity contribution in [1.82, 2.24) is 0 Å². The second kappa shape index (κ2) is 5.70. The maximum Gasteiger partial charge on any atom is 0.175 e. The van der Waals surface area contributed by atoms with Crippen LogP contribution >= 0.6 is 24.8 Å². The highest BCUT2D eigenvalue weighted by atomic mass is 32.1. The van der Waals surface area contributed by atoms with Gasteiger partial charge in [-0.2, -0.15) is 0 Å². The summed E-state index contributed by atoms with van der Waals surface area (Å²) in [6.07, 6.45) is 0. The van der Waals surface area contributed by atoms with Crippen molar-refractivity contribution in [3.05, 3.63) is 54.6 Å². The Morgan fingerprint density at radius 1 is 0.882 bits per heavy atom. The molecule has 0 amide bonds. The van der Waals surface area contributed by atoms with Gasteiger partial charge in [0.1, 0.15) is 0 Å². The summed E-state index contributed by atoms with van der Waals surface area (Å²) < 4.78 is 0. The molecule has 0 aliphatic heterocycles. The van der Waals surface area contributed by atoms with E-state index in [2.05, 4.69) is 23.3 Å². The van der Waals surface area contributed by atoms with Crippen molar-refractivity contribution < 1.29 is 0 Å². The zero-order valence-electron chi connectivity index (χ0n) is 9.05. The van der Waals surface area contributed by atoms with Crippen LogP contribution in [0.4, 0.5) is 11.4 Å². The van der Waals surface area contributed by atoms with Crippen molar-refractivity contribution in [2.24, 2.45) is 0 Å². The van der Waals surface area contributed by atoms with Crippen molar-refractivity contribution in [2.45, 2.75) is 4.90 Å². The number of rotatable bonds is 2. The maximum absolute atomic E-state index is 5.22. The summed E-state index contributed by atoms with van der Waals surface area (Å²) in [6.45, 7) is 0. The van der Waals surface area contributed by atoms with Crippen molar-refractivity contribution in [3.8, 4) is 0 Å². The Labute approximate surface area is 111 Å². The summed E-state index contributed by atoms with van der Waals surface area (Å²) >= 11 is 9.57. The number of hydrogen-bond donors (Lipinski definition) is 3. The van der Waals surface area contributed by atoms with E-state index in [1.54, 1.807) is 0 Å². The van der Waals surface area contributed by atoms with Gasteiger partial charge in [-0.25, -0.2) is 0 Å². The van der Waals surface area contributed by atoms with Gasteiger partial charge in [-0.15, -0.1) is 12.6 Å². The third kappa shape index (κ3) is 3.47. The molecule has 0 radical (unpaired) electrons. The number of nitrogens with one attached hydrogen (secondary N) is 2. The van der Waals surface area contributed by atoms with E-state index in [4.69, 9.17) is 12.2 Å². The van der Waals surface area contributed by atoms with Gasteiger partial charge in [0.05, 0.1) is 5.69 Å². The Balaban J connectivity index is 2.01. The first-order chi connectivity index (χ1) is 8.25. The first-order valence-electron chi connectivity index (χ1n) is 5.17. The Bertz CT molecular complexity index is 512. The number of hydrogen-bond acceptors (Lipinski definition) is 2. The van der Waals surface area contributed by atoms with Gasteiger partial charge in [0.15, 0.2) is 5.11 Å². The molecule has 2 aromatic carbocycles. The third-order valence-electron chi connectivity index (χ3n) is 2.18. The van der Waals surface area contributed by atoms with E-state index >= 15 is 0 Å². The highest BCUT2D eigenvalue weighted by Crippen LogP contribution is 2.18. The first-order valence-corrected chi connectivity index (χ1v) is 6.02. The zero-order chi connectivity index (χ0) is 12.1. The predicted octanol–water partition coefficient (Wildman–Crippen LogP) is 3.78. The molecule has 0 aromatic heterocycles. The van der Waals surface area contributed by atoms with Crippen LogP contribution in [0.3, 0.4) is 0 Å². The molecule has 2 rings (SSSR count). The molecular weight excluding hydrogens is 248 g/mol. The number of thiocarbonyl (C=S) groups is 1. The molecule has 0 saturated carbocycles. The van der Waals surface area contributed by atoms with Crippen LogP contribution in [-0.4, -0.2) is 5.11 Å². The van der Waals surface area contributed by atoms with E-state index in [1.165, 1.54) is 0 Å². The number of thiol groups is 1. The molecule has 4 heteroatoms. The van der Waals surface area contributed by atoms with Crippen LogP contribution in [0, 0.1) is 0 Å². The van der Waals surface area contributed by atoms with Crippen molar-refractivity contribution in [2.75, 3.05) is 10.6 Å². The quantitative estimate of drug-likeness (QED) is 0.566. The molecule has 0 spiro atoms. The van der Waals surface area contributed by atoms with E-state index in [0.29, 0.717) is 5.11 Å². The molecule has 0 saturated heterocycles. The van der Waals surface area contributed by atoms with Gasteiger partial charge >= 0.3 is 0 Å². The fraction of sp³-hybridized carbons (Fsp3) is 0. The molecule has 0 fully saturated rings. The van der Waals surface area contributed by atoms with Crippen LogP contribution < -0.4 is 10.6 Å². The van der Waals surface area contributed by atoms with Gasteiger partial charge in [-0.3, -0.25) is 0 Å². The minimum atomic E-state index is 0.553.